The molecule has 0 N–H and O–H groups in total. The third-order valence-corrected chi connectivity index (χ3v) is 2.92. The third-order valence-electron chi connectivity index (χ3n) is 2.92. The Kier molecular flexibility index (Phi) is 3.85. The van der Waals surface area contributed by atoms with Crippen LogP contribution in [0.25, 0.3) is 11.0 Å². The first-order valence-corrected chi connectivity index (χ1v) is 5.87. The number of carbonyl (C=O) groups excluding carboxylic acids is 2. The largest absolute Gasteiger partial charge is 0.469 e. The van der Waals surface area contributed by atoms with Gasteiger partial charge in [-0.25, -0.2) is 0 Å². The van der Waals surface area contributed by atoms with Crippen molar-refractivity contribution < 1.29 is 18.7 Å². The molecule has 1 heterocycles. The summed E-state index contributed by atoms with van der Waals surface area (Å²) >= 11 is 0. The van der Waals surface area contributed by atoms with Crippen LogP contribution in [0.1, 0.15) is 12.0 Å². The van der Waals surface area contributed by atoms with Crippen molar-refractivity contribution >= 4 is 22.8 Å². The molecular formula is C14H15NO4. The van der Waals surface area contributed by atoms with Crippen LogP contribution in [0.2, 0.25) is 0 Å². The van der Waals surface area contributed by atoms with Crippen molar-refractivity contribution in [3.05, 3.63) is 36.1 Å². The number of furan rings is 1. The molecule has 1 aromatic carbocycles. The van der Waals surface area contributed by atoms with Crippen LogP contribution in [0.3, 0.4) is 0 Å². The number of hydrogen-bond donors (Lipinski definition) is 0. The third kappa shape index (κ3) is 2.93. The van der Waals surface area contributed by atoms with Crippen molar-refractivity contribution in [3.8, 4) is 0 Å². The molecule has 0 aliphatic rings. The first-order valence-electron chi connectivity index (χ1n) is 5.87. The number of esters is 1. The van der Waals surface area contributed by atoms with E-state index in [0.717, 1.165) is 16.5 Å². The summed E-state index contributed by atoms with van der Waals surface area (Å²) in [6.07, 6.45) is 1.38. The molecule has 1 aromatic heterocycles. The second-order valence-corrected chi connectivity index (χ2v) is 4.26. The van der Waals surface area contributed by atoms with E-state index in [1.165, 1.54) is 12.0 Å². The quantitative estimate of drug-likeness (QED) is 0.623. The van der Waals surface area contributed by atoms with Crippen molar-refractivity contribution in [1.29, 1.82) is 0 Å². The van der Waals surface area contributed by atoms with Crippen LogP contribution in [0.15, 0.2) is 34.9 Å². The molecule has 2 rings (SSSR count). The smallest absolute Gasteiger partial charge is 0.315 e. The summed E-state index contributed by atoms with van der Waals surface area (Å²) in [6, 6.07) is 7.61. The Hall–Kier alpha value is -2.30. The van der Waals surface area contributed by atoms with Crippen molar-refractivity contribution in [1.82, 2.24) is 4.90 Å². The number of amides is 1. The lowest BCUT2D eigenvalue weighted by Crippen LogP contribution is -2.28. The minimum atomic E-state index is -0.533. The van der Waals surface area contributed by atoms with Gasteiger partial charge in [-0.2, -0.15) is 0 Å². The van der Waals surface area contributed by atoms with Gasteiger partial charge < -0.3 is 14.1 Å². The Balaban J connectivity index is 2.08. The minimum Gasteiger partial charge on any atom is -0.469 e. The molecule has 100 valence electrons. The molecule has 0 aliphatic carbocycles. The lowest BCUT2D eigenvalue weighted by Gasteiger charge is -2.15. The summed E-state index contributed by atoms with van der Waals surface area (Å²) < 4.78 is 9.87. The second kappa shape index (κ2) is 5.56. The number of nitrogens with zero attached hydrogens (tertiary/aromatic N) is 1. The molecule has 19 heavy (non-hydrogen) atoms. The Labute approximate surface area is 110 Å². The average Bonchev–Trinajstić information content (AvgIpc) is 2.82. The number of hydrogen-bond acceptors (Lipinski definition) is 4. The highest BCUT2D eigenvalue weighted by Crippen LogP contribution is 2.21. The normalized spacial score (nSPS) is 10.4. The number of methoxy groups -OCH3 is 1. The monoisotopic (exact) mass is 261 g/mol. The maximum absolute atomic E-state index is 11.8. The first kappa shape index (κ1) is 13.1. The maximum Gasteiger partial charge on any atom is 0.315 e. The highest BCUT2D eigenvalue weighted by molar-refractivity contribution is 5.94. The summed E-state index contributed by atoms with van der Waals surface area (Å²) in [5, 5.41) is 0.972. The van der Waals surface area contributed by atoms with Gasteiger partial charge in [0.05, 0.1) is 13.4 Å². The van der Waals surface area contributed by atoms with Gasteiger partial charge in [-0.15, -0.1) is 0 Å². The number of rotatable bonds is 4. The van der Waals surface area contributed by atoms with E-state index in [1.54, 1.807) is 13.3 Å². The van der Waals surface area contributed by atoms with Crippen LogP contribution >= 0.6 is 0 Å². The van der Waals surface area contributed by atoms with E-state index in [-0.39, 0.29) is 12.3 Å². The van der Waals surface area contributed by atoms with Crippen LogP contribution in [0.5, 0.6) is 0 Å². The van der Waals surface area contributed by atoms with Gasteiger partial charge in [0.25, 0.3) is 0 Å². The highest BCUT2D eigenvalue weighted by Gasteiger charge is 2.16. The standard InChI is InChI=1S/C14H15NO4/c1-15(13(16)7-14(17)18-2)8-10-9-19-12-6-4-3-5-11(10)12/h3-6,9H,7-8H2,1-2H3. The SMILES string of the molecule is COC(=O)CC(=O)N(C)Cc1coc2ccccc12. The van der Waals surface area contributed by atoms with Gasteiger partial charge in [0.2, 0.25) is 5.91 Å². The van der Waals surface area contributed by atoms with Crippen LogP contribution in [-0.4, -0.2) is 30.9 Å². The fourth-order valence-electron chi connectivity index (χ4n) is 1.83. The van der Waals surface area contributed by atoms with Crippen LogP contribution in [-0.2, 0) is 20.9 Å². The lowest BCUT2D eigenvalue weighted by molar-refractivity contribution is -0.146. The van der Waals surface area contributed by atoms with Crippen LogP contribution < -0.4 is 0 Å². The topological polar surface area (TPSA) is 59.8 Å². The van der Waals surface area contributed by atoms with Gasteiger partial charge in [0.15, 0.2) is 0 Å². The van der Waals surface area contributed by atoms with E-state index >= 15 is 0 Å². The molecule has 0 radical (unpaired) electrons. The number of benzene rings is 1. The molecule has 1 amide bonds. The number of fused-ring (bicyclic) bond motifs is 1. The van der Waals surface area contributed by atoms with Crippen molar-refractivity contribution in [2.75, 3.05) is 14.2 Å². The molecule has 0 saturated heterocycles. The van der Waals surface area contributed by atoms with E-state index < -0.39 is 5.97 Å². The van der Waals surface area contributed by atoms with E-state index in [0.29, 0.717) is 6.54 Å². The second-order valence-electron chi connectivity index (χ2n) is 4.26. The van der Waals surface area contributed by atoms with Gasteiger partial charge in [0, 0.05) is 24.5 Å². The zero-order valence-corrected chi connectivity index (χ0v) is 10.9. The summed E-state index contributed by atoms with van der Waals surface area (Å²) in [5.41, 5.74) is 1.70. The number of carbonyl (C=O) groups is 2. The Morgan fingerprint density at radius 1 is 1.32 bits per heavy atom. The zero-order chi connectivity index (χ0) is 13.8. The van der Waals surface area contributed by atoms with E-state index in [2.05, 4.69) is 4.74 Å². The van der Waals surface area contributed by atoms with Crippen molar-refractivity contribution in [3.63, 3.8) is 0 Å². The predicted molar refractivity (Wildman–Crippen MR) is 69.3 cm³/mol. The highest BCUT2D eigenvalue weighted by atomic mass is 16.5. The number of ether oxygens (including phenoxy) is 1. The van der Waals surface area contributed by atoms with Crippen LogP contribution in [0.4, 0.5) is 0 Å². The van der Waals surface area contributed by atoms with Gasteiger partial charge in [-0.1, -0.05) is 18.2 Å². The van der Waals surface area contributed by atoms with Crippen molar-refractivity contribution in [2.45, 2.75) is 13.0 Å². The molecule has 5 heteroatoms. The molecular weight excluding hydrogens is 246 g/mol. The Bertz CT molecular complexity index is 602. The summed E-state index contributed by atoms with van der Waals surface area (Å²) in [7, 11) is 2.91. The average molecular weight is 261 g/mol. The molecule has 0 unspecified atom stereocenters. The zero-order valence-electron chi connectivity index (χ0n) is 10.9. The first-order chi connectivity index (χ1) is 9.11. The lowest BCUT2D eigenvalue weighted by atomic mass is 10.1. The predicted octanol–water partition coefficient (Wildman–Crippen LogP) is 1.95. The van der Waals surface area contributed by atoms with Gasteiger partial charge >= 0.3 is 5.97 Å². The molecule has 0 spiro atoms. The van der Waals surface area contributed by atoms with Crippen LogP contribution in [0, 0.1) is 0 Å². The molecule has 5 nitrogen and oxygen atoms in total. The van der Waals surface area contributed by atoms with Gasteiger partial charge in [0.1, 0.15) is 12.0 Å². The van der Waals surface area contributed by atoms with Crippen molar-refractivity contribution in [2.24, 2.45) is 0 Å². The van der Waals surface area contributed by atoms with E-state index in [1.807, 2.05) is 24.3 Å². The Morgan fingerprint density at radius 3 is 2.79 bits per heavy atom. The summed E-state index contributed by atoms with van der Waals surface area (Å²) in [5.74, 6) is -0.814. The maximum atomic E-state index is 11.8. The fourth-order valence-corrected chi connectivity index (χ4v) is 1.83. The summed E-state index contributed by atoms with van der Waals surface area (Å²) in [6.45, 7) is 0.396. The summed E-state index contributed by atoms with van der Waals surface area (Å²) in [4.78, 5) is 24.3. The van der Waals surface area contributed by atoms with Gasteiger partial charge in [-0.05, 0) is 6.07 Å². The molecule has 0 fully saturated rings. The molecule has 0 bridgehead atoms. The molecule has 2 aromatic rings. The minimum absolute atomic E-state index is 0.247. The molecule has 0 aliphatic heterocycles. The Morgan fingerprint density at radius 2 is 2.05 bits per heavy atom. The fraction of sp³-hybridized carbons (Fsp3) is 0.286. The van der Waals surface area contributed by atoms with Gasteiger partial charge in [-0.3, -0.25) is 9.59 Å². The van der Waals surface area contributed by atoms with E-state index in [9.17, 15) is 9.59 Å². The van der Waals surface area contributed by atoms with E-state index in [4.69, 9.17) is 4.42 Å². The molecule has 0 atom stereocenters. The molecule has 0 saturated carbocycles. The number of para-hydroxylation sites is 1.